The maximum absolute atomic E-state index is 13.1. The Bertz CT molecular complexity index is 1040. The van der Waals surface area contributed by atoms with Gasteiger partial charge in [-0.1, -0.05) is 45.8 Å². The van der Waals surface area contributed by atoms with Crippen LogP contribution in [0.4, 0.5) is 5.69 Å². The van der Waals surface area contributed by atoms with Gasteiger partial charge in [-0.2, -0.15) is 0 Å². The van der Waals surface area contributed by atoms with E-state index in [0.29, 0.717) is 12.1 Å². The molecule has 1 atom stereocenters. The summed E-state index contributed by atoms with van der Waals surface area (Å²) in [6.07, 6.45) is 1.60. The molecule has 2 aromatic rings. The van der Waals surface area contributed by atoms with Crippen LogP contribution in [0.15, 0.2) is 53.0 Å². The zero-order chi connectivity index (χ0) is 23.9. The molecule has 0 heterocycles. The molecule has 9 heteroatoms. The Labute approximate surface area is 199 Å². The molecule has 0 bridgehead atoms. The van der Waals surface area contributed by atoms with E-state index in [4.69, 9.17) is 0 Å². The molecule has 0 saturated heterocycles. The fourth-order valence-corrected chi connectivity index (χ4v) is 4.75. The van der Waals surface area contributed by atoms with Gasteiger partial charge in [0, 0.05) is 31.0 Å². The third-order valence-corrected chi connectivity index (χ3v) is 6.82. The first kappa shape index (κ1) is 25.9. The molecule has 0 aliphatic rings. The van der Waals surface area contributed by atoms with Crippen LogP contribution >= 0.6 is 15.9 Å². The number of hydrogen-bond acceptors (Lipinski definition) is 4. The number of carbonyl (C=O) groups excluding carboxylic acids is 2. The van der Waals surface area contributed by atoms with Crippen LogP contribution in [0.25, 0.3) is 0 Å². The fourth-order valence-electron chi connectivity index (χ4n) is 3.34. The zero-order valence-corrected chi connectivity index (χ0v) is 21.2. The molecule has 0 aromatic heterocycles. The maximum atomic E-state index is 13.1. The summed E-state index contributed by atoms with van der Waals surface area (Å²) in [5.41, 5.74) is 2.49. The van der Waals surface area contributed by atoms with Gasteiger partial charge in [-0.3, -0.25) is 13.9 Å². The van der Waals surface area contributed by atoms with Gasteiger partial charge in [0.05, 0.1) is 11.9 Å². The highest BCUT2D eigenvalue weighted by Crippen LogP contribution is 2.20. The topological polar surface area (TPSA) is 86.8 Å². The highest BCUT2D eigenvalue weighted by Gasteiger charge is 2.26. The second kappa shape index (κ2) is 11.5. The lowest BCUT2D eigenvalue weighted by atomic mass is 10.1. The summed E-state index contributed by atoms with van der Waals surface area (Å²) in [5.74, 6) is -0.468. The van der Waals surface area contributed by atoms with Crippen molar-refractivity contribution in [2.75, 3.05) is 24.2 Å². The molecule has 2 aromatic carbocycles. The first-order chi connectivity index (χ1) is 15.0. The van der Waals surface area contributed by atoms with Crippen molar-refractivity contribution in [1.82, 2.24) is 10.2 Å². The Morgan fingerprint density at radius 1 is 1.12 bits per heavy atom. The normalized spacial score (nSPS) is 12.2. The minimum atomic E-state index is -3.50. The van der Waals surface area contributed by atoms with Crippen molar-refractivity contribution in [2.45, 2.75) is 39.3 Å². The number of amides is 2. The van der Waals surface area contributed by atoms with E-state index in [0.717, 1.165) is 21.9 Å². The molecule has 0 aliphatic carbocycles. The average molecular weight is 524 g/mol. The monoisotopic (exact) mass is 523 g/mol. The number of carbonyl (C=O) groups is 2. The van der Waals surface area contributed by atoms with Gasteiger partial charge in [0.25, 0.3) is 0 Å². The third-order valence-electron chi connectivity index (χ3n) is 5.13. The molecule has 0 spiro atoms. The van der Waals surface area contributed by atoms with Crippen LogP contribution in [0, 0.1) is 6.92 Å². The van der Waals surface area contributed by atoms with E-state index < -0.39 is 16.1 Å². The maximum Gasteiger partial charge on any atom is 0.242 e. The predicted octanol–water partition coefficient (Wildman–Crippen LogP) is 3.47. The number of rotatable bonds is 10. The van der Waals surface area contributed by atoms with Gasteiger partial charge in [0.2, 0.25) is 21.8 Å². The van der Waals surface area contributed by atoms with E-state index in [-0.39, 0.29) is 31.3 Å². The van der Waals surface area contributed by atoms with E-state index in [1.54, 1.807) is 19.1 Å². The van der Waals surface area contributed by atoms with E-state index >= 15 is 0 Å². The number of likely N-dealkylation sites (N-methyl/N-ethyl adjacent to an activating group) is 1. The van der Waals surface area contributed by atoms with Crippen molar-refractivity contribution >= 4 is 43.5 Å². The first-order valence-electron chi connectivity index (χ1n) is 10.3. The molecule has 0 unspecified atom stereocenters. The summed E-state index contributed by atoms with van der Waals surface area (Å²) in [6.45, 7) is 4.07. The highest BCUT2D eigenvalue weighted by atomic mass is 79.9. The molecular weight excluding hydrogens is 494 g/mol. The number of anilines is 1. The summed E-state index contributed by atoms with van der Waals surface area (Å²) in [7, 11) is -1.96. The van der Waals surface area contributed by atoms with E-state index in [2.05, 4.69) is 21.2 Å². The third kappa shape index (κ3) is 7.34. The molecule has 2 rings (SSSR count). The number of nitrogens with zero attached hydrogens (tertiary/aromatic N) is 2. The Balaban J connectivity index is 2.13. The van der Waals surface area contributed by atoms with Gasteiger partial charge in [-0.15, -0.1) is 0 Å². The van der Waals surface area contributed by atoms with Crippen molar-refractivity contribution < 1.29 is 18.0 Å². The van der Waals surface area contributed by atoms with Crippen molar-refractivity contribution in [1.29, 1.82) is 0 Å². The molecule has 0 fully saturated rings. The fraction of sp³-hybridized carbons (Fsp3) is 0.391. The average Bonchev–Trinajstić information content (AvgIpc) is 2.74. The van der Waals surface area contributed by atoms with Crippen molar-refractivity contribution in [2.24, 2.45) is 0 Å². The van der Waals surface area contributed by atoms with Crippen molar-refractivity contribution in [3.05, 3.63) is 64.1 Å². The Morgan fingerprint density at radius 2 is 1.78 bits per heavy atom. The highest BCUT2D eigenvalue weighted by molar-refractivity contribution is 9.10. The molecule has 2 amide bonds. The smallest absolute Gasteiger partial charge is 0.242 e. The Morgan fingerprint density at radius 3 is 2.34 bits per heavy atom. The van der Waals surface area contributed by atoms with Crippen LogP contribution < -0.4 is 9.62 Å². The van der Waals surface area contributed by atoms with Crippen molar-refractivity contribution in [3.8, 4) is 0 Å². The second-order valence-corrected chi connectivity index (χ2v) is 10.5. The Kier molecular flexibility index (Phi) is 9.27. The molecule has 1 N–H and O–H groups in total. The second-order valence-electron chi connectivity index (χ2n) is 7.72. The molecule has 0 radical (unpaired) electrons. The quantitative estimate of drug-likeness (QED) is 0.516. The van der Waals surface area contributed by atoms with Gasteiger partial charge in [-0.25, -0.2) is 8.42 Å². The number of halogens is 1. The minimum absolute atomic E-state index is 0.118. The first-order valence-corrected chi connectivity index (χ1v) is 13.0. The van der Waals surface area contributed by atoms with Crippen LogP contribution in [0.3, 0.4) is 0 Å². The van der Waals surface area contributed by atoms with Crippen LogP contribution in [-0.2, 0) is 26.2 Å². The summed E-state index contributed by atoms with van der Waals surface area (Å²) in [4.78, 5) is 26.8. The zero-order valence-electron chi connectivity index (χ0n) is 18.8. The number of nitrogens with one attached hydrogen (secondary N) is 1. The molecule has 174 valence electrons. The molecule has 32 heavy (non-hydrogen) atoms. The summed E-state index contributed by atoms with van der Waals surface area (Å²) < 4.78 is 26.8. The van der Waals surface area contributed by atoms with Gasteiger partial charge in [0.15, 0.2) is 0 Å². The lowest BCUT2D eigenvalue weighted by Crippen LogP contribution is -2.46. The SMILES string of the molecule is CNC(=O)[C@H](C)N(Cc1cccc(Br)c1)C(=O)CCCN(c1ccc(C)cc1)S(C)(=O)=O. The van der Waals surface area contributed by atoms with E-state index in [9.17, 15) is 18.0 Å². The number of hydrogen-bond donors (Lipinski definition) is 1. The standard InChI is InChI=1S/C23H30BrN3O4S/c1-17-10-12-21(13-11-17)27(32(4,30)31)14-6-9-22(28)26(18(2)23(29)25-3)16-19-7-5-8-20(24)15-19/h5,7-8,10-13,15,18H,6,9,14,16H2,1-4H3,(H,25,29)/t18-/m0/s1. The summed E-state index contributed by atoms with van der Waals surface area (Å²) >= 11 is 3.43. The van der Waals surface area contributed by atoms with Gasteiger partial charge >= 0.3 is 0 Å². The van der Waals surface area contributed by atoms with Crippen LogP contribution in [0.1, 0.15) is 30.9 Å². The molecule has 0 aliphatic heterocycles. The number of sulfonamides is 1. The largest absolute Gasteiger partial charge is 0.357 e. The summed E-state index contributed by atoms with van der Waals surface area (Å²) in [6, 6.07) is 14.1. The van der Waals surface area contributed by atoms with Crippen LogP contribution in [0.5, 0.6) is 0 Å². The minimum Gasteiger partial charge on any atom is -0.357 e. The molecule has 0 saturated carbocycles. The lowest BCUT2D eigenvalue weighted by Gasteiger charge is -2.29. The summed E-state index contributed by atoms with van der Waals surface area (Å²) in [5, 5.41) is 2.59. The Hall–Kier alpha value is -2.39. The number of benzene rings is 2. The van der Waals surface area contributed by atoms with Gasteiger partial charge in [0.1, 0.15) is 6.04 Å². The van der Waals surface area contributed by atoms with Gasteiger partial charge in [-0.05, 0) is 50.1 Å². The predicted molar refractivity (Wildman–Crippen MR) is 131 cm³/mol. The lowest BCUT2D eigenvalue weighted by molar-refractivity contribution is -0.140. The van der Waals surface area contributed by atoms with E-state index in [1.165, 1.54) is 16.3 Å². The molecule has 7 nitrogen and oxygen atoms in total. The van der Waals surface area contributed by atoms with Crippen molar-refractivity contribution in [3.63, 3.8) is 0 Å². The van der Waals surface area contributed by atoms with Gasteiger partial charge < -0.3 is 10.2 Å². The van der Waals surface area contributed by atoms with Crippen LogP contribution in [0.2, 0.25) is 0 Å². The van der Waals surface area contributed by atoms with Crippen LogP contribution in [-0.4, -0.2) is 51.0 Å². The molecular formula is C23H30BrN3O4S. The van der Waals surface area contributed by atoms with E-state index in [1.807, 2.05) is 43.3 Å². The number of aryl methyl sites for hydroxylation is 1.